The number of nitrogens with zero attached hydrogens (tertiary/aromatic N) is 4. The van der Waals surface area contributed by atoms with E-state index in [1.54, 1.807) is 23.1 Å². The molecule has 0 unspecified atom stereocenters. The molecule has 3 aromatic rings. The number of amides is 1. The zero-order valence-electron chi connectivity index (χ0n) is 13.7. The minimum atomic E-state index is -0.130. The van der Waals surface area contributed by atoms with Crippen molar-refractivity contribution < 1.29 is 9.53 Å². The second-order valence-electron chi connectivity index (χ2n) is 5.83. The number of carbonyl (C=O) groups is 1. The number of fused-ring (bicyclic) bond motifs is 1. The third kappa shape index (κ3) is 3.00. The summed E-state index contributed by atoms with van der Waals surface area (Å²) < 4.78 is 6.73. The lowest BCUT2D eigenvalue weighted by atomic mass is 9.95. The number of nitrogens with one attached hydrogen (secondary N) is 1. The summed E-state index contributed by atoms with van der Waals surface area (Å²) in [6.45, 7) is 0. The Kier molecular flexibility index (Phi) is 4.19. The third-order valence-electron chi connectivity index (χ3n) is 4.28. The van der Waals surface area contributed by atoms with Crippen LogP contribution in [0.4, 0.5) is 5.69 Å². The van der Waals surface area contributed by atoms with Crippen molar-refractivity contribution >= 4 is 22.9 Å². The molecular formula is C17H17N5O2S. The Morgan fingerprint density at radius 2 is 2.04 bits per heavy atom. The van der Waals surface area contributed by atoms with Gasteiger partial charge in [-0.3, -0.25) is 4.79 Å². The molecular weight excluding hydrogens is 338 g/mol. The standard InChI is InChI=1S/C17H17N5O2S/c1-24-12-8-6-11(7-9-12)19-16(23)15-13-4-2-3-5-14(13)25-17(15)22-10-18-20-21-22/h6-10H,2-5H2,1H3,(H,19,23). The summed E-state index contributed by atoms with van der Waals surface area (Å²) in [5.41, 5.74) is 2.54. The first-order valence-electron chi connectivity index (χ1n) is 8.09. The van der Waals surface area contributed by atoms with E-state index in [1.165, 1.54) is 11.2 Å². The van der Waals surface area contributed by atoms with Crippen molar-refractivity contribution in [1.82, 2.24) is 20.2 Å². The van der Waals surface area contributed by atoms with Crippen molar-refractivity contribution in [2.45, 2.75) is 25.7 Å². The highest BCUT2D eigenvalue weighted by atomic mass is 32.1. The molecule has 0 saturated carbocycles. The molecule has 1 N–H and O–H groups in total. The molecule has 7 nitrogen and oxygen atoms in total. The van der Waals surface area contributed by atoms with E-state index in [4.69, 9.17) is 4.74 Å². The Labute approximate surface area is 148 Å². The van der Waals surface area contributed by atoms with Crippen LogP contribution in [-0.2, 0) is 12.8 Å². The summed E-state index contributed by atoms with van der Waals surface area (Å²) in [6, 6.07) is 7.29. The predicted octanol–water partition coefficient (Wildman–Crippen LogP) is 2.86. The van der Waals surface area contributed by atoms with E-state index in [0.717, 1.165) is 47.7 Å². The molecule has 1 amide bonds. The lowest BCUT2D eigenvalue weighted by Crippen LogP contribution is -2.16. The largest absolute Gasteiger partial charge is 0.497 e. The molecule has 0 atom stereocenters. The molecule has 0 fully saturated rings. The third-order valence-corrected chi connectivity index (χ3v) is 5.57. The van der Waals surface area contributed by atoms with Crippen LogP contribution < -0.4 is 10.1 Å². The van der Waals surface area contributed by atoms with Crippen molar-refractivity contribution in [3.63, 3.8) is 0 Å². The highest BCUT2D eigenvalue weighted by Gasteiger charge is 2.27. The number of thiophene rings is 1. The molecule has 4 rings (SSSR count). The Morgan fingerprint density at radius 1 is 1.24 bits per heavy atom. The molecule has 25 heavy (non-hydrogen) atoms. The van der Waals surface area contributed by atoms with Crippen LogP contribution in [0.15, 0.2) is 30.6 Å². The Balaban J connectivity index is 1.70. The number of tetrazole rings is 1. The fourth-order valence-electron chi connectivity index (χ4n) is 3.07. The van der Waals surface area contributed by atoms with Gasteiger partial charge in [-0.25, -0.2) is 0 Å². The molecule has 8 heteroatoms. The van der Waals surface area contributed by atoms with Gasteiger partial charge in [-0.1, -0.05) is 0 Å². The van der Waals surface area contributed by atoms with Crippen LogP contribution in [0.3, 0.4) is 0 Å². The normalized spacial score (nSPS) is 13.3. The molecule has 0 saturated heterocycles. The van der Waals surface area contributed by atoms with Crippen LogP contribution in [0.25, 0.3) is 5.00 Å². The first kappa shape index (κ1) is 15.8. The molecule has 2 heterocycles. The van der Waals surface area contributed by atoms with Crippen molar-refractivity contribution in [2.24, 2.45) is 0 Å². The summed E-state index contributed by atoms with van der Waals surface area (Å²) in [5, 5.41) is 15.1. The summed E-state index contributed by atoms with van der Waals surface area (Å²) in [4.78, 5) is 14.3. The quantitative estimate of drug-likeness (QED) is 0.778. The number of carbonyl (C=O) groups excluding carboxylic acids is 1. The van der Waals surface area contributed by atoms with Crippen molar-refractivity contribution in [3.8, 4) is 10.8 Å². The van der Waals surface area contributed by atoms with E-state index in [0.29, 0.717) is 5.56 Å². The topological polar surface area (TPSA) is 81.9 Å². The minimum absolute atomic E-state index is 0.130. The number of rotatable bonds is 4. The number of aryl methyl sites for hydroxylation is 1. The van der Waals surface area contributed by atoms with Gasteiger partial charge in [0.1, 0.15) is 17.1 Å². The van der Waals surface area contributed by atoms with Crippen LogP contribution in [0.2, 0.25) is 0 Å². The molecule has 2 aromatic heterocycles. The van der Waals surface area contributed by atoms with Gasteiger partial charge in [0.05, 0.1) is 12.7 Å². The molecule has 1 aromatic carbocycles. The SMILES string of the molecule is COc1ccc(NC(=O)c2c(-n3cnnn3)sc3c2CCCC3)cc1. The van der Waals surface area contributed by atoms with Crippen LogP contribution in [0, 0.1) is 0 Å². The first-order valence-corrected chi connectivity index (χ1v) is 8.91. The average molecular weight is 355 g/mol. The monoisotopic (exact) mass is 355 g/mol. The highest BCUT2D eigenvalue weighted by molar-refractivity contribution is 7.15. The van der Waals surface area contributed by atoms with Crippen LogP contribution in [0.1, 0.15) is 33.6 Å². The summed E-state index contributed by atoms with van der Waals surface area (Å²) in [6.07, 6.45) is 5.70. The van der Waals surface area contributed by atoms with Gasteiger partial charge in [0.25, 0.3) is 5.91 Å². The Bertz CT molecular complexity index is 887. The van der Waals surface area contributed by atoms with Gasteiger partial charge in [0.15, 0.2) is 0 Å². The fourth-order valence-corrected chi connectivity index (χ4v) is 4.37. The predicted molar refractivity (Wildman–Crippen MR) is 94.6 cm³/mol. The van der Waals surface area contributed by atoms with E-state index in [1.807, 2.05) is 24.3 Å². The fraction of sp³-hybridized carbons (Fsp3) is 0.294. The van der Waals surface area contributed by atoms with Crippen molar-refractivity contribution in [3.05, 3.63) is 46.6 Å². The first-order chi connectivity index (χ1) is 12.3. The number of methoxy groups -OCH3 is 1. The zero-order chi connectivity index (χ0) is 17.2. The molecule has 1 aliphatic rings. The van der Waals surface area contributed by atoms with E-state index in [2.05, 4.69) is 20.8 Å². The van der Waals surface area contributed by atoms with Gasteiger partial charge in [0, 0.05) is 10.6 Å². The van der Waals surface area contributed by atoms with Gasteiger partial charge in [-0.15, -0.1) is 16.4 Å². The number of hydrogen-bond donors (Lipinski definition) is 1. The Morgan fingerprint density at radius 3 is 2.76 bits per heavy atom. The number of benzene rings is 1. The second kappa shape index (κ2) is 6.64. The van der Waals surface area contributed by atoms with Gasteiger partial charge < -0.3 is 10.1 Å². The van der Waals surface area contributed by atoms with E-state index in [-0.39, 0.29) is 5.91 Å². The van der Waals surface area contributed by atoms with Crippen molar-refractivity contribution in [1.29, 1.82) is 0 Å². The molecule has 0 bridgehead atoms. The Hall–Kier alpha value is -2.74. The maximum atomic E-state index is 13.0. The highest BCUT2D eigenvalue weighted by Crippen LogP contribution is 2.36. The number of hydrogen-bond acceptors (Lipinski definition) is 6. The van der Waals surface area contributed by atoms with Gasteiger partial charge in [-0.2, -0.15) is 4.68 Å². The second-order valence-corrected chi connectivity index (χ2v) is 6.91. The van der Waals surface area contributed by atoms with Crippen molar-refractivity contribution in [2.75, 3.05) is 12.4 Å². The number of aromatic nitrogens is 4. The summed E-state index contributed by atoms with van der Waals surface area (Å²) in [5.74, 6) is 0.621. The minimum Gasteiger partial charge on any atom is -0.497 e. The van der Waals surface area contributed by atoms with Gasteiger partial charge >= 0.3 is 0 Å². The van der Waals surface area contributed by atoms with Gasteiger partial charge in [-0.05, 0) is 65.9 Å². The zero-order valence-corrected chi connectivity index (χ0v) is 14.5. The number of ether oxygens (including phenoxy) is 1. The molecule has 0 radical (unpaired) electrons. The smallest absolute Gasteiger partial charge is 0.259 e. The maximum absolute atomic E-state index is 13.0. The summed E-state index contributed by atoms with van der Waals surface area (Å²) in [7, 11) is 1.61. The average Bonchev–Trinajstić information content (AvgIpc) is 3.29. The van der Waals surface area contributed by atoms with Crippen LogP contribution in [-0.4, -0.2) is 33.2 Å². The summed E-state index contributed by atoms with van der Waals surface area (Å²) >= 11 is 1.60. The lowest BCUT2D eigenvalue weighted by Gasteiger charge is -2.13. The molecule has 0 aliphatic heterocycles. The van der Waals surface area contributed by atoms with Crippen LogP contribution >= 0.6 is 11.3 Å². The van der Waals surface area contributed by atoms with E-state index in [9.17, 15) is 4.79 Å². The van der Waals surface area contributed by atoms with E-state index < -0.39 is 0 Å². The lowest BCUT2D eigenvalue weighted by molar-refractivity contribution is 0.102. The maximum Gasteiger partial charge on any atom is 0.259 e. The van der Waals surface area contributed by atoms with Crippen LogP contribution in [0.5, 0.6) is 5.75 Å². The molecule has 128 valence electrons. The molecule has 0 spiro atoms. The van der Waals surface area contributed by atoms with E-state index >= 15 is 0 Å². The van der Waals surface area contributed by atoms with Gasteiger partial charge in [0.2, 0.25) is 0 Å². The number of anilines is 1. The molecule has 1 aliphatic carbocycles.